The number of imidazole rings is 2. The Morgan fingerprint density at radius 1 is 1.08 bits per heavy atom. The fourth-order valence-corrected chi connectivity index (χ4v) is 1.58. The molecule has 0 aliphatic rings. The number of nitrogens with zero attached hydrogens (tertiary/aromatic N) is 2. The third kappa shape index (κ3) is 4.04. The van der Waals surface area contributed by atoms with Crippen molar-refractivity contribution in [3.8, 4) is 11.8 Å². The fourth-order valence-electron chi connectivity index (χ4n) is 1.58. The number of rotatable bonds is 6. The van der Waals surface area contributed by atoms with E-state index in [4.69, 9.17) is 15.9 Å². The highest BCUT2D eigenvalue weighted by Gasteiger charge is 2.20. The Morgan fingerprint density at radius 3 is 2.04 bits per heavy atom. The number of hydrogen-bond donors (Lipinski definition) is 5. The second-order valence-electron chi connectivity index (χ2n) is 4.56. The zero-order chi connectivity index (χ0) is 17.9. The molecule has 0 amide bonds. The number of aromatic amines is 2. The van der Waals surface area contributed by atoms with Crippen molar-refractivity contribution in [3.05, 3.63) is 33.4 Å². The average molecular weight is 343 g/mol. The number of carbonyl (C=O) groups is 2. The molecule has 6 N–H and O–H groups in total. The minimum Gasteiger partial charge on any atom is -0.493 e. The van der Waals surface area contributed by atoms with Crippen LogP contribution in [0.15, 0.2) is 22.0 Å². The average Bonchev–Trinajstić information content (AvgIpc) is 2.97. The van der Waals surface area contributed by atoms with E-state index < -0.39 is 41.1 Å². The summed E-state index contributed by atoms with van der Waals surface area (Å²) in [4.78, 5) is 58.7. The van der Waals surface area contributed by atoms with E-state index in [1.54, 1.807) is 0 Å². The van der Waals surface area contributed by atoms with Gasteiger partial charge in [0.1, 0.15) is 18.4 Å². The van der Waals surface area contributed by atoms with Gasteiger partial charge >= 0.3 is 23.3 Å². The molecule has 2 rings (SSSR count). The van der Waals surface area contributed by atoms with Crippen LogP contribution in [0.5, 0.6) is 11.8 Å². The standard InChI is InChI=1S/C11H13N5O8/c12-5(9(20)24-16-4-7(18)14-11(16)22)1-2-8(19)23-15-3-6(17)13-10(15)21/h3-5,17-18H,1-2,12H2,(H,13,21)(H,14,22)/t5-/m0/s1. The van der Waals surface area contributed by atoms with Gasteiger partial charge in [0.2, 0.25) is 11.8 Å². The monoisotopic (exact) mass is 343 g/mol. The van der Waals surface area contributed by atoms with E-state index in [1.165, 1.54) is 0 Å². The summed E-state index contributed by atoms with van der Waals surface area (Å²) >= 11 is 0. The van der Waals surface area contributed by atoms with Gasteiger partial charge < -0.3 is 25.6 Å². The molecule has 2 aromatic heterocycles. The Hall–Kier alpha value is -3.48. The van der Waals surface area contributed by atoms with Crippen LogP contribution in [0.4, 0.5) is 0 Å². The molecular formula is C11H13N5O8. The number of nitrogens with two attached hydrogens (primary N) is 1. The van der Waals surface area contributed by atoms with Crippen LogP contribution in [0.1, 0.15) is 12.8 Å². The fraction of sp³-hybridized carbons (Fsp3) is 0.273. The predicted molar refractivity (Wildman–Crippen MR) is 73.8 cm³/mol. The van der Waals surface area contributed by atoms with Crippen molar-refractivity contribution < 1.29 is 29.5 Å². The van der Waals surface area contributed by atoms with Crippen molar-refractivity contribution in [1.29, 1.82) is 0 Å². The van der Waals surface area contributed by atoms with Gasteiger partial charge in [-0.25, -0.2) is 19.2 Å². The van der Waals surface area contributed by atoms with Gasteiger partial charge in [-0.05, 0) is 6.42 Å². The van der Waals surface area contributed by atoms with Gasteiger partial charge in [-0.15, -0.1) is 9.46 Å². The van der Waals surface area contributed by atoms with Crippen molar-refractivity contribution in [2.75, 3.05) is 0 Å². The van der Waals surface area contributed by atoms with Crippen molar-refractivity contribution in [2.24, 2.45) is 5.73 Å². The molecule has 24 heavy (non-hydrogen) atoms. The molecule has 0 saturated heterocycles. The minimum absolute atomic E-state index is 0.200. The zero-order valence-corrected chi connectivity index (χ0v) is 12.0. The second kappa shape index (κ2) is 6.74. The number of aromatic hydroxyl groups is 2. The Morgan fingerprint density at radius 2 is 1.58 bits per heavy atom. The third-order valence-electron chi connectivity index (χ3n) is 2.70. The van der Waals surface area contributed by atoms with E-state index in [0.717, 1.165) is 12.4 Å². The van der Waals surface area contributed by atoms with Gasteiger partial charge in [0.15, 0.2) is 0 Å². The number of carbonyl (C=O) groups excluding carboxylic acids is 2. The molecule has 0 aromatic carbocycles. The van der Waals surface area contributed by atoms with Crippen LogP contribution in [-0.4, -0.2) is 47.6 Å². The van der Waals surface area contributed by atoms with Crippen molar-refractivity contribution >= 4 is 11.9 Å². The molecule has 1 atom stereocenters. The van der Waals surface area contributed by atoms with Crippen LogP contribution >= 0.6 is 0 Å². The maximum atomic E-state index is 11.7. The molecule has 0 bridgehead atoms. The van der Waals surface area contributed by atoms with Crippen LogP contribution in [-0.2, 0) is 9.59 Å². The highest BCUT2D eigenvalue weighted by atomic mass is 16.7. The van der Waals surface area contributed by atoms with Crippen LogP contribution < -0.4 is 26.8 Å². The SMILES string of the molecule is N[C@@H](CCC(=O)On1cc(O)[nH]c1=O)C(=O)On1cc(O)[nH]c1=O. The van der Waals surface area contributed by atoms with E-state index in [2.05, 4.69) is 9.68 Å². The molecule has 0 unspecified atom stereocenters. The minimum atomic E-state index is -1.27. The van der Waals surface area contributed by atoms with E-state index >= 15 is 0 Å². The number of H-pyrrole nitrogens is 2. The lowest BCUT2D eigenvalue weighted by molar-refractivity contribution is -0.147. The molecule has 0 saturated carbocycles. The molecule has 2 heterocycles. The maximum absolute atomic E-state index is 11.7. The first-order valence-corrected chi connectivity index (χ1v) is 6.46. The largest absolute Gasteiger partial charge is 0.493 e. The molecule has 13 heteroatoms. The topological polar surface area (TPSA) is 195 Å². The number of nitrogens with one attached hydrogen (secondary N) is 2. The molecule has 0 radical (unpaired) electrons. The first-order valence-electron chi connectivity index (χ1n) is 6.46. The van der Waals surface area contributed by atoms with Crippen molar-refractivity contribution in [2.45, 2.75) is 18.9 Å². The summed E-state index contributed by atoms with van der Waals surface area (Å²) in [6.07, 6.45) is 1.13. The van der Waals surface area contributed by atoms with Crippen molar-refractivity contribution in [1.82, 2.24) is 19.4 Å². The summed E-state index contributed by atoms with van der Waals surface area (Å²) < 4.78 is 0.918. The maximum Gasteiger partial charge on any atom is 0.361 e. The van der Waals surface area contributed by atoms with E-state index in [-0.39, 0.29) is 12.8 Å². The first-order chi connectivity index (χ1) is 11.3. The molecule has 0 fully saturated rings. The summed E-state index contributed by atoms with van der Waals surface area (Å²) in [6, 6.07) is -1.27. The van der Waals surface area contributed by atoms with Gasteiger partial charge in [-0.3, -0.25) is 9.97 Å². The summed E-state index contributed by atoms with van der Waals surface area (Å²) in [6.45, 7) is 0. The molecule has 0 aliphatic heterocycles. The molecule has 2 aromatic rings. The summed E-state index contributed by atoms with van der Waals surface area (Å²) in [5.74, 6) is -2.92. The molecular weight excluding hydrogens is 330 g/mol. The summed E-state index contributed by atoms with van der Waals surface area (Å²) in [7, 11) is 0. The number of hydrogen-bond acceptors (Lipinski definition) is 9. The lowest BCUT2D eigenvalue weighted by Crippen LogP contribution is -2.41. The van der Waals surface area contributed by atoms with Crippen molar-refractivity contribution in [3.63, 3.8) is 0 Å². The highest BCUT2D eigenvalue weighted by Crippen LogP contribution is 2.01. The van der Waals surface area contributed by atoms with Gasteiger partial charge in [0, 0.05) is 0 Å². The van der Waals surface area contributed by atoms with E-state index in [9.17, 15) is 19.2 Å². The Bertz CT molecular complexity index is 858. The Labute approximate surface area is 131 Å². The predicted octanol–water partition coefficient (Wildman–Crippen LogP) is -3.20. The lowest BCUT2D eigenvalue weighted by Gasteiger charge is -2.09. The number of aromatic nitrogens is 4. The normalized spacial score (nSPS) is 11.9. The van der Waals surface area contributed by atoms with E-state index in [1.807, 2.05) is 9.97 Å². The van der Waals surface area contributed by atoms with Crippen LogP contribution in [0.3, 0.4) is 0 Å². The molecule has 0 spiro atoms. The Kier molecular flexibility index (Phi) is 4.74. The lowest BCUT2D eigenvalue weighted by atomic mass is 10.2. The van der Waals surface area contributed by atoms with Gasteiger partial charge in [-0.2, -0.15) is 0 Å². The van der Waals surface area contributed by atoms with Gasteiger partial charge in [0.05, 0.1) is 6.42 Å². The smallest absolute Gasteiger partial charge is 0.361 e. The third-order valence-corrected chi connectivity index (χ3v) is 2.70. The molecule has 130 valence electrons. The quantitative estimate of drug-likeness (QED) is 0.359. The van der Waals surface area contributed by atoms with E-state index in [0.29, 0.717) is 9.46 Å². The van der Waals surface area contributed by atoms with Gasteiger partial charge in [0.25, 0.3) is 0 Å². The van der Waals surface area contributed by atoms with Crippen LogP contribution in [0, 0.1) is 0 Å². The second-order valence-corrected chi connectivity index (χ2v) is 4.56. The zero-order valence-electron chi connectivity index (χ0n) is 12.0. The Balaban J connectivity index is 1.84. The first kappa shape index (κ1) is 16.9. The molecule has 0 aliphatic carbocycles. The molecule has 13 nitrogen and oxygen atoms in total. The summed E-state index contributed by atoms with van der Waals surface area (Å²) in [5, 5.41) is 18.0. The van der Waals surface area contributed by atoms with Crippen LogP contribution in [0.2, 0.25) is 0 Å². The highest BCUT2D eigenvalue weighted by molar-refractivity contribution is 5.77. The van der Waals surface area contributed by atoms with Crippen LogP contribution in [0.25, 0.3) is 0 Å². The summed E-state index contributed by atoms with van der Waals surface area (Å²) in [5.41, 5.74) is 3.76. The van der Waals surface area contributed by atoms with Gasteiger partial charge in [-0.1, -0.05) is 0 Å².